The molecule has 12 aromatic rings. The number of thiophene rings is 1. The Morgan fingerprint density at radius 2 is 1.09 bits per heavy atom. The van der Waals surface area contributed by atoms with Crippen LogP contribution in [0.3, 0.4) is 0 Å². The maximum Gasteiger partial charge on any atom is 0.164 e. The molecule has 0 N–H and O–H groups in total. The van der Waals surface area contributed by atoms with Crippen LogP contribution in [-0.2, 0) is 6.42 Å². The van der Waals surface area contributed by atoms with E-state index in [0.29, 0.717) is 17.5 Å². The van der Waals surface area contributed by atoms with E-state index in [1.54, 1.807) is 0 Å². The Bertz CT molecular complexity index is 3440. The van der Waals surface area contributed by atoms with Crippen molar-refractivity contribution in [2.75, 3.05) is 0 Å². The van der Waals surface area contributed by atoms with Gasteiger partial charge in [-0.05, 0) is 78.2 Å². The molecule has 0 saturated carbocycles. The van der Waals surface area contributed by atoms with E-state index in [-0.39, 0.29) is 0 Å². The van der Waals surface area contributed by atoms with Gasteiger partial charge in [0.2, 0.25) is 0 Å². The first kappa shape index (κ1) is 32.8. The zero-order valence-electron chi connectivity index (χ0n) is 31.1. The van der Waals surface area contributed by atoms with Crippen LogP contribution in [-0.4, -0.2) is 19.5 Å². The number of fused-ring (bicyclic) bond motifs is 9. The quantitative estimate of drug-likeness (QED) is 0.169. The van der Waals surface area contributed by atoms with Gasteiger partial charge in [0.25, 0.3) is 0 Å². The Balaban J connectivity index is 0.937. The van der Waals surface area contributed by atoms with Crippen LogP contribution < -0.4 is 0 Å². The van der Waals surface area contributed by atoms with E-state index in [9.17, 15) is 0 Å². The van der Waals surface area contributed by atoms with Gasteiger partial charge in [-0.3, -0.25) is 0 Å². The van der Waals surface area contributed by atoms with Crippen molar-refractivity contribution >= 4 is 75.3 Å². The van der Waals surface area contributed by atoms with Crippen LogP contribution in [0.15, 0.2) is 186 Å². The van der Waals surface area contributed by atoms with Crippen molar-refractivity contribution in [3.8, 4) is 39.9 Å². The molecule has 8 aromatic carbocycles. The minimum Gasteiger partial charge on any atom is -0.456 e. The first-order valence-electron chi connectivity index (χ1n) is 19.5. The molecule has 0 aliphatic heterocycles. The molecular weight excluding hydrogens is 729 g/mol. The molecule has 58 heavy (non-hydrogen) atoms. The van der Waals surface area contributed by atoms with E-state index < -0.39 is 0 Å². The highest BCUT2D eigenvalue weighted by atomic mass is 32.1. The average molecular weight is 761 g/mol. The van der Waals surface area contributed by atoms with Crippen molar-refractivity contribution in [1.29, 1.82) is 0 Å². The van der Waals surface area contributed by atoms with E-state index in [4.69, 9.17) is 19.4 Å². The van der Waals surface area contributed by atoms with Gasteiger partial charge in [0.1, 0.15) is 11.2 Å². The molecule has 0 amide bonds. The fourth-order valence-electron chi connectivity index (χ4n) is 8.60. The lowest BCUT2D eigenvalue weighted by molar-refractivity contribution is 0.668. The number of furan rings is 1. The molecule has 4 aromatic heterocycles. The molecular formula is C52H32N4OS. The minimum atomic E-state index is 0.656. The molecule has 12 rings (SSSR count). The van der Waals surface area contributed by atoms with Gasteiger partial charge in [-0.1, -0.05) is 121 Å². The molecule has 0 aliphatic carbocycles. The monoisotopic (exact) mass is 760 g/mol. The number of hydrogen-bond acceptors (Lipinski definition) is 5. The summed E-state index contributed by atoms with van der Waals surface area (Å²) in [6.45, 7) is 0. The Labute approximate surface area is 337 Å². The lowest BCUT2D eigenvalue weighted by Crippen LogP contribution is -2.00. The number of hydrogen-bond donors (Lipinski definition) is 0. The van der Waals surface area contributed by atoms with Gasteiger partial charge in [-0.25, -0.2) is 15.0 Å². The standard InChI is InChI=1S/C52H32N4OS/c1-3-12-33(13-4-1)50-53-51(34-14-5-2-6-15-34)55-52(54-50)36-23-27-47-42(30-36)49-35(16-11-21-48(49)58-47)28-32-22-25-40-41-31-37(24-26-45(41)57-46(40)29-32)56-43-19-9-7-17-38(43)39-18-8-10-20-44(39)56/h1-27,29-31H,28H2. The van der Waals surface area contributed by atoms with E-state index in [1.807, 2.05) is 72.0 Å². The lowest BCUT2D eigenvalue weighted by atomic mass is 9.98. The lowest BCUT2D eigenvalue weighted by Gasteiger charge is -2.09. The Kier molecular flexibility index (Phi) is 7.40. The van der Waals surface area contributed by atoms with Gasteiger partial charge < -0.3 is 8.98 Å². The molecule has 5 nitrogen and oxygen atoms in total. The molecule has 0 bridgehead atoms. The second-order valence-electron chi connectivity index (χ2n) is 14.8. The molecule has 272 valence electrons. The predicted octanol–water partition coefficient (Wildman–Crippen LogP) is 13.8. The van der Waals surface area contributed by atoms with E-state index in [0.717, 1.165) is 50.7 Å². The summed E-state index contributed by atoms with van der Waals surface area (Å²) in [5.41, 5.74) is 10.7. The molecule has 4 heterocycles. The van der Waals surface area contributed by atoms with Crippen LogP contribution in [0.1, 0.15) is 11.1 Å². The molecule has 0 fully saturated rings. The third-order valence-corrected chi connectivity index (χ3v) is 12.4. The number of para-hydroxylation sites is 2. The largest absolute Gasteiger partial charge is 0.456 e. The van der Waals surface area contributed by atoms with Crippen molar-refractivity contribution in [3.05, 3.63) is 193 Å². The summed E-state index contributed by atoms with van der Waals surface area (Å²) in [5, 5.41) is 7.22. The number of benzene rings is 8. The number of nitrogens with zero attached hydrogens (tertiary/aromatic N) is 4. The zero-order chi connectivity index (χ0) is 38.2. The number of rotatable bonds is 6. The second kappa shape index (κ2) is 13.1. The topological polar surface area (TPSA) is 56.7 Å². The Hall–Kier alpha value is -7.41. The summed E-state index contributed by atoms with van der Waals surface area (Å²) in [6.07, 6.45) is 0.773. The molecule has 0 atom stereocenters. The van der Waals surface area contributed by atoms with Crippen molar-refractivity contribution in [1.82, 2.24) is 19.5 Å². The van der Waals surface area contributed by atoms with Crippen LogP contribution in [0.2, 0.25) is 0 Å². The van der Waals surface area contributed by atoms with Gasteiger partial charge in [-0.15, -0.1) is 11.3 Å². The van der Waals surface area contributed by atoms with Gasteiger partial charge in [0.05, 0.1) is 11.0 Å². The summed E-state index contributed by atoms with van der Waals surface area (Å²) in [5.74, 6) is 1.97. The SMILES string of the molecule is c1ccc(-c2nc(-c3ccccc3)nc(-c3ccc4sc5cccc(Cc6ccc7c(c6)oc6ccc(-n8c9ccccc9c9ccccc98)cc67)c5c4c3)n2)cc1. The van der Waals surface area contributed by atoms with Crippen LogP contribution >= 0.6 is 11.3 Å². The minimum absolute atomic E-state index is 0.656. The van der Waals surface area contributed by atoms with Crippen LogP contribution in [0.4, 0.5) is 0 Å². The molecule has 0 spiro atoms. The summed E-state index contributed by atoms with van der Waals surface area (Å²) < 4.78 is 11.4. The fraction of sp³-hybridized carbons (Fsp3) is 0.0192. The van der Waals surface area contributed by atoms with Gasteiger partial charge in [-0.2, -0.15) is 0 Å². The van der Waals surface area contributed by atoms with E-state index in [1.165, 1.54) is 53.1 Å². The molecule has 0 saturated heterocycles. The predicted molar refractivity (Wildman–Crippen MR) is 240 cm³/mol. The first-order valence-corrected chi connectivity index (χ1v) is 20.3. The Morgan fingerprint density at radius 1 is 0.431 bits per heavy atom. The van der Waals surface area contributed by atoms with Crippen molar-refractivity contribution in [3.63, 3.8) is 0 Å². The van der Waals surface area contributed by atoms with Crippen LogP contribution in [0.25, 0.3) is 104 Å². The smallest absolute Gasteiger partial charge is 0.164 e. The third kappa shape index (κ3) is 5.34. The summed E-state index contributed by atoms with van der Waals surface area (Å²) in [6, 6.07) is 64.0. The summed E-state index contributed by atoms with van der Waals surface area (Å²) in [4.78, 5) is 15.0. The van der Waals surface area contributed by atoms with Gasteiger partial charge >= 0.3 is 0 Å². The molecule has 0 aliphatic rings. The van der Waals surface area contributed by atoms with Crippen molar-refractivity contribution in [2.24, 2.45) is 0 Å². The van der Waals surface area contributed by atoms with E-state index in [2.05, 4.69) is 126 Å². The summed E-state index contributed by atoms with van der Waals surface area (Å²) in [7, 11) is 0. The number of aromatic nitrogens is 4. The summed E-state index contributed by atoms with van der Waals surface area (Å²) >= 11 is 1.82. The molecule has 6 heteroatoms. The van der Waals surface area contributed by atoms with Crippen molar-refractivity contribution < 1.29 is 4.42 Å². The molecule has 0 radical (unpaired) electrons. The molecule has 0 unspecified atom stereocenters. The first-order chi connectivity index (χ1) is 28.7. The van der Waals surface area contributed by atoms with Crippen molar-refractivity contribution in [2.45, 2.75) is 6.42 Å². The highest BCUT2D eigenvalue weighted by Gasteiger charge is 2.18. The highest BCUT2D eigenvalue weighted by Crippen LogP contribution is 2.40. The van der Waals surface area contributed by atoms with Crippen LogP contribution in [0.5, 0.6) is 0 Å². The Morgan fingerprint density at radius 3 is 1.79 bits per heavy atom. The maximum absolute atomic E-state index is 6.54. The average Bonchev–Trinajstić information content (AvgIpc) is 3.96. The van der Waals surface area contributed by atoms with Crippen LogP contribution in [0, 0.1) is 0 Å². The zero-order valence-corrected chi connectivity index (χ0v) is 31.9. The third-order valence-electron chi connectivity index (χ3n) is 11.3. The highest BCUT2D eigenvalue weighted by molar-refractivity contribution is 7.25. The maximum atomic E-state index is 6.54. The second-order valence-corrected chi connectivity index (χ2v) is 15.9. The van der Waals surface area contributed by atoms with Gasteiger partial charge in [0.15, 0.2) is 17.5 Å². The van der Waals surface area contributed by atoms with E-state index >= 15 is 0 Å². The van der Waals surface area contributed by atoms with Gasteiger partial charge in [0, 0.05) is 64.1 Å². The fourth-order valence-corrected chi connectivity index (χ4v) is 9.74. The normalized spacial score (nSPS) is 11.9.